The number of hydrogen-bond donors (Lipinski definition) is 2. The van der Waals surface area contributed by atoms with E-state index in [1.165, 1.54) is 6.07 Å². The van der Waals surface area contributed by atoms with Crippen LogP contribution >= 0.6 is 15.9 Å². The van der Waals surface area contributed by atoms with Gasteiger partial charge in [0.25, 0.3) is 0 Å². The lowest BCUT2D eigenvalue weighted by Crippen LogP contribution is -2.30. The van der Waals surface area contributed by atoms with Crippen molar-refractivity contribution >= 4 is 15.9 Å². The molecule has 0 spiro atoms. The molecule has 0 aliphatic rings. The fourth-order valence-electron chi connectivity index (χ4n) is 1.76. The van der Waals surface area contributed by atoms with Crippen molar-refractivity contribution in [3.63, 3.8) is 0 Å². The summed E-state index contributed by atoms with van der Waals surface area (Å²) in [6, 6.07) is 4.99. The maximum absolute atomic E-state index is 13.5. The summed E-state index contributed by atoms with van der Waals surface area (Å²) in [5.74, 6) is 0.546. The molecule has 0 saturated carbocycles. The van der Waals surface area contributed by atoms with Gasteiger partial charge in [-0.3, -0.25) is 0 Å². The standard InChI is InChI=1S/C14H21BrFNO/c1-10(2)12(9-18)8-17-6-5-11-7-13(15)3-4-14(11)16/h3-4,7,10,12,17-18H,5-6,8-9H2,1-2H3. The van der Waals surface area contributed by atoms with E-state index < -0.39 is 0 Å². The Morgan fingerprint density at radius 2 is 2.11 bits per heavy atom. The Bertz CT molecular complexity index is 371. The molecule has 102 valence electrons. The number of halogens is 2. The van der Waals surface area contributed by atoms with Crippen molar-refractivity contribution in [2.75, 3.05) is 19.7 Å². The van der Waals surface area contributed by atoms with Gasteiger partial charge < -0.3 is 10.4 Å². The molecule has 0 fully saturated rings. The van der Waals surface area contributed by atoms with Crippen LogP contribution in [0, 0.1) is 17.7 Å². The summed E-state index contributed by atoms with van der Waals surface area (Å²) in [4.78, 5) is 0. The van der Waals surface area contributed by atoms with E-state index in [9.17, 15) is 9.50 Å². The van der Waals surface area contributed by atoms with Crippen molar-refractivity contribution in [3.8, 4) is 0 Å². The molecular weight excluding hydrogens is 297 g/mol. The highest BCUT2D eigenvalue weighted by molar-refractivity contribution is 9.10. The van der Waals surface area contributed by atoms with Crippen LogP contribution in [-0.4, -0.2) is 24.8 Å². The molecule has 18 heavy (non-hydrogen) atoms. The first-order valence-corrected chi connectivity index (χ1v) is 7.09. The van der Waals surface area contributed by atoms with E-state index in [1.807, 2.05) is 6.07 Å². The van der Waals surface area contributed by atoms with Crippen LogP contribution in [0.5, 0.6) is 0 Å². The highest BCUT2D eigenvalue weighted by atomic mass is 79.9. The lowest BCUT2D eigenvalue weighted by molar-refractivity contribution is 0.186. The second-order valence-corrected chi connectivity index (χ2v) is 5.79. The zero-order chi connectivity index (χ0) is 13.5. The summed E-state index contributed by atoms with van der Waals surface area (Å²) in [5, 5.41) is 12.5. The third kappa shape index (κ3) is 5.04. The maximum atomic E-state index is 13.5. The molecule has 1 rings (SSSR count). The third-order valence-electron chi connectivity index (χ3n) is 3.16. The Balaban J connectivity index is 2.35. The molecule has 0 aromatic heterocycles. The predicted octanol–water partition coefficient (Wildman–Crippen LogP) is 2.98. The summed E-state index contributed by atoms with van der Waals surface area (Å²) < 4.78 is 14.4. The fourth-order valence-corrected chi connectivity index (χ4v) is 2.16. The van der Waals surface area contributed by atoms with Gasteiger partial charge in [-0.05, 0) is 48.6 Å². The number of benzene rings is 1. The molecule has 1 aromatic carbocycles. The molecule has 1 unspecified atom stereocenters. The summed E-state index contributed by atoms with van der Waals surface area (Å²) in [7, 11) is 0. The SMILES string of the molecule is CC(C)C(CO)CNCCc1cc(Br)ccc1F. The number of aliphatic hydroxyl groups is 1. The van der Waals surface area contributed by atoms with Crippen molar-refractivity contribution in [2.45, 2.75) is 20.3 Å². The van der Waals surface area contributed by atoms with Crippen LogP contribution < -0.4 is 5.32 Å². The Labute approximate surface area is 117 Å². The summed E-state index contributed by atoms with van der Waals surface area (Å²) in [6.07, 6.45) is 0.654. The molecule has 4 heteroatoms. The first-order chi connectivity index (χ1) is 8.54. The van der Waals surface area contributed by atoms with Crippen molar-refractivity contribution in [1.29, 1.82) is 0 Å². The van der Waals surface area contributed by atoms with E-state index >= 15 is 0 Å². The molecule has 0 amide bonds. The molecule has 0 aliphatic heterocycles. The number of aliphatic hydroxyl groups excluding tert-OH is 1. The fraction of sp³-hybridized carbons (Fsp3) is 0.571. The molecule has 2 nitrogen and oxygen atoms in total. The topological polar surface area (TPSA) is 32.3 Å². The van der Waals surface area contributed by atoms with Gasteiger partial charge in [-0.15, -0.1) is 0 Å². The molecule has 0 radical (unpaired) electrons. The van der Waals surface area contributed by atoms with Crippen molar-refractivity contribution < 1.29 is 9.50 Å². The Morgan fingerprint density at radius 3 is 2.72 bits per heavy atom. The van der Waals surface area contributed by atoms with Crippen LogP contribution in [0.1, 0.15) is 19.4 Å². The van der Waals surface area contributed by atoms with Crippen LogP contribution in [-0.2, 0) is 6.42 Å². The second kappa shape index (κ2) is 7.87. The van der Waals surface area contributed by atoms with Gasteiger partial charge >= 0.3 is 0 Å². The molecule has 0 aliphatic carbocycles. The number of nitrogens with one attached hydrogen (secondary N) is 1. The Morgan fingerprint density at radius 1 is 1.39 bits per heavy atom. The minimum atomic E-state index is -0.164. The Kier molecular flexibility index (Phi) is 6.82. The van der Waals surface area contributed by atoms with E-state index in [0.29, 0.717) is 17.9 Å². The van der Waals surface area contributed by atoms with Crippen LogP contribution in [0.4, 0.5) is 4.39 Å². The van der Waals surface area contributed by atoms with Gasteiger partial charge in [-0.2, -0.15) is 0 Å². The van der Waals surface area contributed by atoms with Gasteiger partial charge in [0.1, 0.15) is 5.82 Å². The van der Waals surface area contributed by atoms with E-state index in [2.05, 4.69) is 35.1 Å². The number of rotatable bonds is 7. The molecular formula is C14H21BrFNO. The normalized spacial score (nSPS) is 13.0. The maximum Gasteiger partial charge on any atom is 0.126 e. The summed E-state index contributed by atoms with van der Waals surface area (Å²) in [5.41, 5.74) is 0.710. The van der Waals surface area contributed by atoms with E-state index in [4.69, 9.17) is 0 Å². The van der Waals surface area contributed by atoms with E-state index in [-0.39, 0.29) is 18.3 Å². The zero-order valence-corrected chi connectivity index (χ0v) is 12.5. The van der Waals surface area contributed by atoms with Crippen LogP contribution in [0.3, 0.4) is 0 Å². The third-order valence-corrected chi connectivity index (χ3v) is 3.66. The van der Waals surface area contributed by atoms with Gasteiger partial charge in [0.05, 0.1) is 0 Å². The minimum absolute atomic E-state index is 0.164. The highest BCUT2D eigenvalue weighted by Gasteiger charge is 2.11. The first-order valence-electron chi connectivity index (χ1n) is 6.30. The molecule has 0 heterocycles. The zero-order valence-electron chi connectivity index (χ0n) is 10.9. The van der Waals surface area contributed by atoms with Crippen LogP contribution in [0.25, 0.3) is 0 Å². The van der Waals surface area contributed by atoms with Crippen molar-refractivity contribution in [1.82, 2.24) is 5.32 Å². The lowest BCUT2D eigenvalue weighted by atomic mass is 9.97. The smallest absolute Gasteiger partial charge is 0.126 e. The van der Waals surface area contributed by atoms with Crippen LogP contribution in [0.15, 0.2) is 22.7 Å². The second-order valence-electron chi connectivity index (χ2n) is 4.88. The summed E-state index contributed by atoms with van der Waals surface area (Å²) in [6.45, 7) is 5.86. The monoisotopic (exact) mass is 317 g/mol. The molecule has 1 aromatic rings. The molecule has 0 saturated heterocycles. The average molecular weight is 318 g/mol. The highest BCUT2D eigenvalue weighted by Crippen LogP contribution is 2.15. The molecule has 2 N–H and O–H groups in total. The Hall–Kier alpha value is -0.450. The quantitative estimate of drug-likeness (QED) is 0.758. The number of hydrogen-bond acceptors (Lipinski definition) is 2. The largest absolute Gasteiger partial charge is 0.396 e. The van der Waals surface area contributed by atoms with Gasteiger partial charge in [0.2, 0.25) is 0 Å². The first kappa shape index (κ1) is 15.6. The molecule has 1 atom stereocenters. The van der Waals surface area contributed by atoms with Crippen molar-refractivity contribution in [2.24, 2.45) is 11.8 Å². The van der Waals surface area contributed by atoms with Gasteiger partial charge in [0.15, 0.2) is 0 Å². The molecule has 0 bridgehead atoms. The van der Waals surface area contributed by atoms with E-state index in [0.717, 1.165) is 17.6 Å². The van der Waals surface area contributed by atoms with Crippen LogP contribution in [0.2, 0.25) is 0 Å². The minimum Gasteiger partial charge on any atom is -0.396 e. The summed E-state index contributed by atoms with van der Waals surface area (Å²) >= 11 is 3.34. The van der Waals surface area contributed by atoms with Gasteiger partial charge in [-0.25, -0.2) is 4.39 Å². The van der Waals surface area contributed by atoms with Gasteiger partial charge in [-0.1, -0.05) is 29.8 Å². The lowest BCUT2D eigenvalue weighted by Gasteiger charge is -2.18. The van der Waals surface area contributed by atoms with Crippen molar-refractivity contribution in [3.05, 3.63) is 34.1 Å². The van der Waals surface area contributed by atoms with E-state index in [1.54, 1.807) is 6.07 Å². The predicted molar refractivity (Wildman–Crippen MR) is 76.1 cm³/mol. The van der Waals surface area contributed by atoms with Gasteiger partial charge in [0, 0.05) is 17.6 Å². The average Bonchev–Trinajstić information content (AvgIpc) is 2.33.